The average molecular weight is 344 g/mol. The predicted octanol–water partition coefficient (Wildman–Crippen LogP) is 1.62. The maximum absolute atomic E-state index is 12.4. The zero-order valence-electron chi connectivity index (χ0n) is 13.5. The smallest absolute Gasteiger partial charge is 0.316 e. The van der Waals surface area contributed by atoms with Crippen LogP contribution in [0.4, 0.5) is 5.69 Å². The van der Waals surface area contributed by atoms with Crippen molar-refractivity contribution in [2.24, 2.45) is 0 Å². The first kappa shape index (κ1) is 16.1. The number of hydrogen-bond acceptors (Lipinski definition) is 8. The predicted molar refractivity (Wildman–Crippen MR) is 91.1 cm³/mol. The number of nitrogens with two attached hydrogens (primary N) is 1. The minimum atomic E-state index is -0.261. The summed E-state index contributed by atoms with van der Waals surface area (Å²) in [4.78, 5) is 21.5. The van der Waals surface area contributed by atoms with Crippen molar-refractivity contribution in [1.29, 1.82) is 0 Å². The summed E-state index contributed by atoms with van der Waals surface area (Å²) in [6, 6.07) is 0.281. The van der Waals surface area contributed by atoms with Crippen LogP contribution in [0.2, 0.25) is 0 Å². The van der Waals surface area contributed by atoms with E-state index in [0.29, 0.717) is 21.9 Å². The molecule has 0 unspecified atom stereocenters. The lowest BCUT2D eigenvalue weighted by Crippen LogP contribution is -2.22. The third kappa shape index (κ3) is 2.85. The van der Waals surface area contributed by atoms with Crippen molar-refractivity contribution in [3.63, 3.8) is 0 Å². The van der Waals surface area contributed by atoms with Crippen molar-refractivity contribution in [2.75, 3.05) is 12.8 Å². The van der Waals surface area contributed by atoms with Crippen LogP contribution in [-0.4, -0.2) is 33.2 Å². The highest BCUT2D eigenvalue weighted by Crippen LogP contribution is 2.34. The van der Waals surface area contributed by atoms with Crippen molar-refractivity contribution in [3.05, 3.63) is 34.1 Å². The summed E-state index contributed by atoms with van der Waals surface area (Å²) in [5.41, 5.74) is 9.10. The summed E-state index contributed by atoms with van der Waals surface area (Å²) >= 11 is 1.23. The molecule has 0 radical (unpaired) electrons. The number of nitrogens with zero attached hydrogens (tertiary/aromatic N) is 4. The maximum atomic E-state index is 12.4. The molecule has 0 spiro atoms. The lowest BCUT2D eigenvalue weighted by molar-refractivity contribution is 0.0956. The Morgan fingerprint density at radius 1 is 1.29 bits per heavy atom. The normalized spacial score (nSPS) is 10.8. The number of amides is 1. The number of nitrogens with one attached hydrogen (secondary N) is 1. The first-order chi connectivity index (χ1) is 11.5. The monoisotopic (exact) mass is 344 g/mol. The van der Waals surface area contributed by atoms with Gasteiger partial charge in [-0.3, -0.25) is 4.79 Å². The number of rotatable bonds is 4. The van der Waals surface area contributed by atoms with Crippen LogP contribution in [0.1, 0.15) is 26.5 Å². The molecule has 9 heteroatoms. The Balaban J connectivity index is 1.81. The van der Waals surface area contributed by atoms with Gasteiger partial charge in [0.25, 0.3) is 5.91 Å². The number of hydrogen-bond donors (Lipinski definition) is 2. The van der Waals surface area contributed by atoms with Crippen molar-refractivity contribution in [3.8, 4) is 6.01 Å². The number of aryl methyl sites for hydroxylation is 2. The molecule has 0 aliphatic rings. The lowest BCUT2D eigenvalue weighted by Gasteiger charge is -2.05. The number of methoxy groups -OCH3 is 1. The number of thiophene rings is 1. The molecule has 0 aromatic carbocycles. The second kappa shape index (κ2) is 6.36. The highest BCUT2D eigenvalue weighted by atomic mass is 32.1. The molecule has 0 saturated carbocycles. The van der Waals surface area contributed by atoms with Gasteiger partial charge in [0, 0.05) is 29.9 Å². The third-order valence-corrected chi connectivity index (χ3v) is 4.75. The van der Waals surface area contributed by atoms with Gasteiger partial charge in [-0.25, -0.2) is 9.97 Å². The van der Waals surface area contributed by atoms with Crippen molar-refractivity contribution in [2.45, 2.75) is 20.4 Å². The van der Waals surface area contributed by atoms with Gasteiger partial charge in [0.05, 0.1) is 18.5 Å². The summed E-state index contributed by atoms with van der Waals surface area (Å²) in [6.07, 6.45) is 3.19. The fourth-order valence-electron chi connectivity index (χ4n) is 2.21. The molecule has 1 amide bonds. The van der Waals surface area contributed by atoms with E-state index in [1.54, 1.807) is 12.4 Å². The van der Waals surface area contributed by atoms with Crippen LogP contribution in [0.3, 0.4) is 0 Å². The molecular weight excluding hydrogens is 328 g/mol. The average Bonchev–Trinajstić information content (AvgIpc) is 2.94. The Labute approximate surface area is 142 Å². The molecule has 0 aliphatic heterocycles. The Morgan fingerprint density at radius 3 is 2.67 bits per heavy atom. The minimum absolute atomic E-state index is 0.261. The third-order valence-electron chi connectivity index (χ3n) is 3.66. The van der Waals surface area contributed by atoms with Gasteiger partial charge in [-0.15, -0.1) is 16.4 Å². The quantitative estimate of drug-likeness (QED) is 0.738. The number of ether oxygens (including phenoxy) is 1. The van der Waals surface area contributed by atoms with E-state index >= 15 is 0 Å². The largest absolute Gasteiger partial charge is 0.467 e. The number of fused-ring (bicyclic) bond motifs is 1. The second-order valence-corrected chi connectivity index (χ2v) is 6.20. The topological polar surface area (TPSA) is 116 Å². The molecule has 3 aromatic rings. The number of carbonyl (C=O) groups is 1. The van der Waals surface area contributed by atoms with Crippen molar-refractivity contribution < 1.29 is 9.53 Å². The Bertz CT molecular complexity index is 906. The van der Waals surface area contributed by atoms with Crippen LogP contribution >= 0.6 is 11.3 Å². The van der Waals surface area contributed by atoms with Gasteiger partial charge < -0.3 is 15.8 Å². The fraction of sp³-hybridized carbons (Fsp3) is 0.267. The molecule has 0 atom stereocenters. The molecule has 0 bridgehead atoms. The molecular formula is C15H16N6O2S. The van der Waals surface area contributed by atoms with Gasteiger partial charge in [0.15, 0.2) is 0 Å². The van der Waals surface area contributed by atoms with E-state index in [2.05, 4.69) is 25.5 Å². The van der Waals surface area contributed by atoms with E-state index in [0.717, 1.165) is 22.2 Å². The molecule has 124 valence electrons. The first-order valence-electron chi connectivity index (χ1n) is 7.16. The standard InChI is InChI=1S/C15H16N6O2S/c1-7-8(2)20-21-14-10(7)11(16)12(24-14)13(22)17-4-9-5-18-15(23-3)19-6-9/h5-6H,4,16H2,1-3H3,(H,17,22). The van der Waals surface area contributed by atoms with E-state index < -0.39 is 0 Å². The highest BCUT2D eigenvalue weighted by Gasteiger charge is 2.19. The first-order valence-corrected chi connectivity index (χ1v) is 7.98. The van der Waals surface area contributed by atoms with Gasteiger partial charge in [-0.2, -0.15) is 5.10 Å². The van der Waals surface area contributed by atoms with Gasteiger partial charge >= 0.3 is 6.01 Å². The summed E-state index contributed by atoms with van der Waals surface area (Å²) in [5, 5.41) is 11.8. The fourth-order valence-corrected chi connectivity index (χ4v) is 3.23. The second-order valence-electron chi connectivity index (χ2n) is 5.20. The molecule has 3 heterocycles. The van der Waals surface area contributed by atoms with Crippen molar-refractivity contribution in [1.82, 2.24) is 25.5 Å². The molecule has 0 saturated heterocycles. The maximum Gasteiger partial charge on any atom is 0.316 e. The molecule has 0 aliphatic carbocycles. The van der Waals surface area contributed by atoms with Crippen LogP contribution in [-0.2, 0) is 6.54 Å². The summed E-state index contributed by atoms with van der Waals surface area (Å²) in [7, 11) is 1.49. The number of nitrogen functional groups attached to an aromatic ring is 1. The molecule has 3 aromatic heterocycles. The summed E-state index contributed by atoms with van der Waals surface area (Å²) in [5.74, 6) is -0.261. The van der Waals surface area contributed by atoms with Crippen LogP contribution < -0.4 is 15.8 Å². The van der Waals surface area contributed by atoms with Crippen LogP contribution in [0.25, 0.3) is 10.2 Å². The van der Waals surface area contributed by atoms with E-state index in [1.165, 1.54) is 18.4 Å². The molecule has 8 nitrogen and oxygen atoms in total. The van der Waals surface area contributed by atoms with Crippen LogP contribution in [0.5, 0.6) is 6.01 Å². The van der Waals surface area contributed by atoms with Gasteiger partial charge in [-0.1, -0.05) is 0 Å². The molecule has 3 N–H and O–H groups in total. The Kier molecular flexibility index (Phi) is 4.26. The van der Waals surface area contributed by atoms with Gasteiger partial charge in [0.1, 0.15) is 9.71 Å². The van der Waals surface area contributed by atoms with Gasteiger partial charge in [-0.05, 0) is 19.4 Å². The lowest BCUT2D eigenvalue weighted by atomic mass is 10.1. The zero-order chi connectivity index (χ0) is 17.3. The number of aromatic nitrogens is 4. The Hall–Kier alpha value is -2.81. The molecule has 0 fully saturated rings. The Morgan fingerprint density at radius 2 is 2.00 bits per heavy atom. The minimum Gasteiger partial charge on any atom is -0.467 e. The summed E-state index contributed by atoms with van der Waals surface area (Å²) in [6.45, 7) is 4.08. The van der Waals surface area contributed by atoms with E-state index in [-0.39, 0.29) is 11.9 Å². The number of anilines is 1. The highest BCUT2D eigenvalue weighted by molar-refractivity contribution is 7.21. The zero-order valence-corrected chi connectivity index (χ0v) is 14.3. The van der Waals surface area contributed by atoms with Crippen molar-refractivity contribution >= 4 is 33.1 Å². The molecule has 3 rings (SSSR count). The van der Waals surface area contributed by atoms with E-state index in [1.807, 2.05) is 13.8 Å². The van der Waals surface area contributed by atoms with E-state index in [4.69, 9.17) is 10.5 Å². The molecule has 24 heavy (non-hydrogen) atoms. The van der Waals surface area contributed by atoms with E-state index in [9.17, 15) is 4.79 Å². The number of carbonyl (C=O) groups excluding carboxylic acids is 1. The van der Waals surface area contributed by atoms with Crippen LogP contribution in [0, 0.1) is 13.8 Å². The van der Waals surface area contributed by atoms with Crippen LogP contribution in [0.15, 0.2) is 12.4 Å². The van der Waals surface area contributed by atoms with Gasteiger partial charge in [0.2, 0.25) is 0 Å². The SMILES string of the molecule is COc1ncc(CNC(=O)c2sc3nnc(C)c(C)c3c2N)cn1. The summed E-state index contributed by atoms with van der Waals surface area (Å²) < 4.78 is 4.90.